The van der Waals surface area contributed by atoms with Gasteiger partial charge in [0.05, 0.1) is 0 Å². The van der Waals surface area contributed by atoms with Crippen LogP contribution in [-0.4, -0.2) is 29.8 Å². The van der Waals surface area contributed by atoms with Crippen molar-refractivity contribution in [3.63, 3.8) is 0 Å². The molecule has 0 atom stereocenters. The van der Waals surface area contributed by atoms with Gasteiger partial charge in [0.1, 0.15) is 0 Å². The normalized spacial score (nSPS) is 11.1. The molecule has 76 valence electrons. The number of fused-ring (bicyclic) bond motifs is 1. The summed E-state index contributed by atoms with van der Waals surface area (Å²) in [6.07, 6.45) is 0. The van der Waals surface area contributed by atoms with Crippen molar-refractivity contribution in [2.45, 2.75) is 4.90 Å². The first-order valence-corrected chi connectivity index (χ1v) is 6.51. The number of hydrogen-bond donors (Lipinski definition) is 0. The predicted octanol–water partition coefficient (Wildman–Crippen LogP) is -2.46. The third-order valence-corrected chi connectivity index (χ3v) is 3.84. The van der Waals surface area contributed by atoms with Crippen molar-refractivity contribution in [1.82, 2.24) is 0 Å². The van der Waals surface area contributed by atoms with E-state index >= 15 is 0 Å². The maximum Gasteiger partial charge on any atom is 1.00 e. The number of benzene rings is 2. The van der Waals surface area contributed by atoms with E-state index in [1.54, 1.807) is 30.3 Å². The zero-order valence-electron chi connectivity index (χ0n) is 8.54. The molecule has 2 aromatic rings. The summed E-state index contributed by atoms with van der Waals surface area (Å²) in [6.45, 7) is 0. The standard InChI is InChI=1S/C10H7AsO3S.Na/c11-9-5-6-10(15(12,13)14)8-4-2-1-3-7(8)9;/h1-6H,(H,12,13,14);/q;+1/p-1. The van der Waals surface area contributed by atoms with Crippen LogP contribution in [-0.2, 0) is 10.1 Å². The minimum absolute atomic E-state index is 0. The summed E-state index contributed by atoms with van der Waals surface area (Å²) in [7, 11) is -4.40. The van der Waals surface area contributed by atoms with Crippen molar-refractivity contribution in [2.75, 3.05) is 0 Å². The third-order valence-electron chi connectivity index (χ3n) is 2.13. The largest absolute Gasteiger partial charge is 1.00 e. The fraction of sp³-hybridized carbons (Fsp3) is 0. The molecule has 0 bridgehead atoms. The Bertz CT molecular complexity index is 625. The Morgan fingerprint density at radius 1 is 1.00 bits per heavy atom. The summed E-state index contributed by atoms with van der Waals surface area (Å²) >= 11 is 2.35. The molecule has 16 heavy (non-hydrogen) atoms. The molecular weight excluding hydrogens is 298 g/mol. The van der Waals surface area contributed by atoms with Gasteiger partial charge in [0, 0.05) is 0 Å². The zero-order chi connectivity index (χ0) is 11.1. The summed E-state index contributed by atoms with van der Waals surface area (Å²) < 4.78 is 33.9. The Morgan fingerprint density at radius 3 is 2.12 bits per heavy atom. The molecule has 0 saturated heterocycles. The van der Waals surface area contributed by atoms with E-state index < -0.39 is 10.1 Å². The molecule has 2 rings (SSSR count). The topological polar surface area (TPSA) is 57.2 Å². The van der Waals surface area contributed by atoms with Crippen LogP contribution >= 0.6 is 0 Å². The molecular formula is C10H6AsNaO3S. The van der Waals surface area contributed by atoms with Crippen LogP contribution in [0.1, 0.15) is 0 Å². The SMILES string of the molecule is O=S(=O)([O-])c1ccc([As])c2ccccc12.[Na+]. The van der Waals surface area contributed by atoms with Crippen molar-refractivity contribution < 1.29 is 42.5 Å². The summed E-state index contributed by atoms with van der Waals surface area (Å²) in [4.78, 5) is -0.159. The van der Waals surface area contributed by atoms with E-state index in [4.69, 9.17) is 0 Å². The van der Waals surface area contributed by atoms with Crippen LogP contribution in [0.4, 0.5) is 0 Å². The van der Waals surface area contributed by atoms with E-state index in [0.717, 1.165) is 9.74 Å². The Balaban J connectivity index is 0.00000128. The van der Waals surface area contributed by atoms with Crippen LogP contribution in [0.3, 0.4) is 0 Å². The first kappa shape index (κ1) is 14.2. The fourth-order valence-corrected chi connectivity index (χ4v) is 2.72. The summed E-state index contributed by atoms with van der Waals surface area (Å²) in [5, 5.41) is 1.25. The van der Waals surface area contributed by atoms with Gasteiger partial charge in [-0.3, -0.25) is 0 Å². The molecule has 0 spiro atoms. The molecule has 0 amide bonds. The van der Waals surface area contributed by atoms with Gasteiger partial charge in [-0.05, 0) is 0 Å². The molecule has 0 saturated carbocycles. The maximum atomic E-state index is 11.0. The summed E-state index contributed by atoms with van der Waals surface area (Å²) in [6, 6.07) is 9.91. The quantitative estimate of drug-likeness (QED) is 0.434. The van der Waals surface area contributed by atoms with E-state index in [-0.39, 0.29) is 34.5 Å². The van der Waals surface area contributed by atoms with Gasteiger partial charge >= 0.3 is 126 Å². The van der Waals surface area contributed by atoms with E-state index in [1.165, 1.54) is 6.07 Å². The van der Waals surface area contributed by atoms with Crippen molar-refractivity contribution in [3.8, 4) is 0 Å². The molecule has 0 aliphatic carbocycles. The van der Waals surface area contributed by atoms with Gasteiger partial charge < -0.3 is 0 Å². The predicted molar refractivity (Wildman–Crippen MR) is 57.3 cm³/mol. The molecule has 0 aliphatic rings. The summed E-state index contributed by atoms with van der Waals surface area (Å²) in [5.74, 6) is 0. The van der Waals surface area contributed by atoms with Crippen molar-refractivity contribution >= 4 is 42.1 Å². The van der Waals surface area contributed by atoms with Crippen LogP contribution in [0.5, 0.6) is 0 Å². The average molecular weight is 304 g/mol. The van der Waals surface area contributed by atoms with Gasteiger partial charge in [-0.1, -0.05) is 0 Å². The molecule has 0 heterocycles. The van der Waals surface area contributed by atoms with Gasteiger partial charge in [0.2, 0.25) is 0 Å². The first-order valence-electron chi connectivity index (χ1n) is 4.17. The van der Waals surface area contributed by atoms with Crippen LogP contribution in [0.2, 0.25) is 0 Å². The van der Waals surface area contributed by atoms with Gasteiger partial charge in [0.25, 0.3) is 0 Å². The molecule has 0 N–H and O–H groups in total. The maximum absolute atomic E-state index is 11.0. The fourth-order valence-electron chi connectivity index (χ4n) is 1.47. The summed E-state index contributed by atoms with van der Waals surface area (Å²) in [5.41, 5.74) is 0. The molecule has 0 aliphatic heterocycles. The Hall–Kier alpha value is 0.168. The second kappa shape index (κ2) is 5.21. The Labute approximate surface area is 125 Å². The van der Waals surface area contributed by atoms with Crippen LogP contribution in [0.25, 0.3) is 10.8 Å². The van der Waals surface area contributed by atoms with E-state index in [1.807, 2.05) is 0 Å². The monoisotopic (exact) mass is 304 g/mol. The van der Waals surface area contributed by atoms with Crippen molar-refractivity contribution in [3.05, 3.63) is 36.4 Å². The second-order valence-corrected chi connectivity index (χ2v) is 5.44. The third kappa shape index (κ3) is 2.70. The smallest absolute Gasteiger partial charge is 1.00 e. The molecule has 0 aromatic heterocycles. The van der Waals surface area contributed by atoms with Crippen molar-refractivity contribution in [1.29, 1.82) is 0 Å². The Kier molecular flexibility index (Phi) is 4.64. The average Bonchev–Trinajstić information content (AvgIpc) is 2.17. The Morgan fingerprint density at radius 2 is 1.56 bits per heavy atom. The van der Waals surface area contributed by atoms with Gasteiger partial charge in [-0.15, -0.1) is 0 Å². The first-order chi connectivity index (χ1) is 7.00. The molecule has 0 unspecified atom stereocenters. The molecule has 0 fully saturated rings. The molecule has 2 aromatic carbocycles. The van der Waals surface area contributed by atoms with Crippen LogP contribution < -0.4 is 33.9 Å². The number of rotatable bonds is 1. The van der Waals surface area contributed by atoms with E-state index in [9.17, 15) is 13.0 Å². The van der Waals surface area contributed by atoms with E-state index in [0.29, 0.717) is 5.39 Å². The van der Waals surface area contributed by atoms with Crippen molar-refractivity contribution in [2.24, 2.45) is 0 Å². The number of hydrogen-bond acceptors (Lipinski definition) is 3. The minimum Gasteiger partial charge on any atom is 1.00 e. The van der Waals surface area contributed by atoms with E-state index in [2.05, 4.69) is 16.9 Å². The van der Waals surface area contributed by atoms with Gasteiger partial charge in [-0.25, -0.2) is 0 Å². The molecule has 2 radical (unpaired) electrons. The molecule has 6 heteroatoms. The van der Waals surface area contributed by atoms with Gasteiger partial charge in [0.15, 0.2) is 0 Å². The van der Waals surface area contributed by atoms with Crippen LogP contribution in [0, 0.1) is 0 Å². The zero-order valence-corrected chi connectivity index (χ0v) is 13.2. The second-order valence-electron chi connectivity index (χ2n) is 3.08. The minimum atomic E-state index is -4.40. The van der Waals surface area contributed by atoms with Gasteiger partial charge in [-0.2, -0.15) is 0 Å². The molecule has 3 nitrogen and oxygen atoms in total. The van der Waals surface area contributed by atoms with Crippen LogP contribution in [0.15, 0.2) is 41.3 Å².